The van der Waals surface area contributed by atoms with Crippen molar-refractivity contribution in [3.05, 3.63) is 88.5 Å². The minimum Gasteiger partial charge on any atom is -0.506 e. The molecule has 3 rings (SSSR count). The summed E-state index contributed by atoms with van der Waals surface area (Å²) in [5.74, 6) is 4.29. The Hall–Kier alpha value is -3.35. The summed E-state index contributed by atoms with van der Waals surface area (Å²) < 4.78 is 5.18. The molecular formula is C22H19ClN2O4. The minimum absolute atomic E-state index is 0.0913. The zero-order chi connectivity index (χ0) is 20.8. The smallest absolute Gasteiger partial charge is 0.338 e. The summed E-state index contributed by atoms with van der Waals surface area (Å²) in [5.41, 5.74) is 3.97. The highest BCUT2D eigenvalue weighted by Crippen LogP contribution is 2.25. The standard InChI is InChI=1S/C22H19ClN2O4/c23-19-13-15(9-11-20(19)26)22(28)29-12-4-3-5-14-8-10-18(21(27)25-24)17-7-2-1-6-16(14)17/h1-4,6-11,13,26H,5,12,24H2,(H,25,27). The van der Waals surface area contributed by atoms with E-state index < -0.39 is 5.97 Å². The van der Waals surface area contributed by atoms with Crippen molar-refractivity contribution in [2.24, 2.45) is 5.84 Å². The van der Waals surface area contributed by atoms with Crippen LogP contribution in [-0.4, -0.2) is 23.6 Å². The monoisotopic (exact) mass is 410 g/mol. The molecule has 0 unspecified atom stereocenters. The highest BCUT2D eigenvalue weighted by atomic mass is 35.5. The highest BCUT2D eigenvalue weighted by Gasteiger charge is 2.11. The van der Waals surface area contributed by atoms with Crippen LogP contribution in [0.3, 0.4) is 0 Å². The van der Waals surface area contributed by atoms with Gasteiger partial charge in [0.05, 0.1) is 10.6 Å². The first kappa shape index (κ1) is 20.4. The number of nitrogens with two attached hydrogens (primary N) is 1. The molecule has 0 saturated heterocycles. The van der Waals surface area contributed by atoms with Gasteiger partial charge in [-0.1, -0.05) is 54.1 Å². The number of halogens is 1. The van der Waals surface area contributed by atoms with Crippen LogP contribution in [0.25, 0.3) is 10.8 Å². The fourth-order valence-electron chi connectivity index (χ4n) is 2.93. The van der Waals surface area contributed by atoms with Gasteiger partial charge >= 0.3 is 5.97 Å². The lowest BCUT2D eigenvalue weighted by Crippen LogP contribution is -2.30. The molecule has 0 aliphatic carbocycles. The number of benzene rings is 3. The number of rotatable bonds is 6. The summed E-state index contributed by atoms with van der Waals surface area (Å²) in [6.07, 6.45) is 4.24. The number of phenols is 1. The third-order valence-electron chi connectivity index (χ3n) is 4.39. The fraction of sp³-hybridized carbons (Fsp3) is 0.0909. The van der Waals surface area contributed by atoms with E-state index in [0.717, 1.165) is 16.3 Å². The van der Waals surface area contributed by atoms with Gasteiger partial charge in [0.25, 0.3) is 5.91 Å². The third-order valence-corrected chi connectivity index (χ3v) is 4.69. The molecule has 0 bridgehead atoms. The fourth-order valence-corrected chi connectivity index (χ4v) is 3.12. The largest absolute Gasteiger partial charge is 0.506 e. The van der Waals surface area contributed by atoms with E-state index >= 15 is 0 Å². The number of hydrazine groups is 1. The van der Waals surface area contributed by atoms with E-state index in [1.807, 2.05) is 36.4 Å². The quantitative estimate of drug-likeness (QED) is 0.189. The average molecular weight is 411 g/mol. The van der Waals surface area contributed by atoms with Gasteiger partial charge in [0.15, 0.2) is 0 Å². The van der Waals surface area contributed by atoms with Gasteiger partial charge in [-0.3, -0.25) is 10.2 Å². The third kappa shape index (κ3) is 4.74. The van der Waals surface area contributed by atoms with Gasteiger partial charge in [-0.05, 0) is 47.0 Å². The molecule has 148 valence electrons. The van der Waals surface area contributed by atoms with Gasteiger partial charge in [0, 0.05) is 5.56 Å². The molecular weight excluding hydrogens is 392 g/mol. The average Bonchev–Trinajstić information content (AvgIpc) is 2.74. The molecule has 7 heteroatoms. The summed E-state index contributed by atoms with van der Waals surface area (Å²) >= 11 is 5.79. The van der Waals surface area contributed by atoms with Crippen LogP contribution in [-0.2, 0) is 11.2 Å². The van der Waals surface area contributed by atoms with Crippen LogP contribution in [0.5, 0.6) is 5.75 Å². The number of nitrogen functional groups attached to an aromatic ring is 1. The molecule has 1 amide bonds. The molecule has 29 heavy (non-hydrogen) atoms. The Morgan fingerprint density at radius 3 is 2.55 bits per heavy atom. The Morgan fingerprint density at radius 2 is 1.83 bits per heavy atom. The minimum atomic E-state index is -0.529. The number of esters is 1. The topological polar surface area (TPSA) is 102 Å². The maximum Gasteiger partial charge on any atom is 0.338 e. The van der Waals surface area contributed by atoms with Gasteiger partial charge in [0.1, 0.15) is 12.4 Å². The number of carbonyl (C=O) groups excluding carboxylic acids is 2. The lowest BCUT2D eigenvalue weighted by Gasteiger charge is -2.09. The van der Waals surface area contributed by atoms with Crippen LogP contribution in [0.1, 0.15) is 26.3 Å². The Balaban J connectivity index is 1.65. The molecule has 4 N–H and O–H groups in total. The summed E-state index contributed by atoms with van der Waals surface area (Å²) in [6.45, 7) is 0.100. The van der Waals surface area contributed by atoms with Crippen molar-refractivity contribution in [1.29, 1.82) is 0 Å². The summed E-state index contributed by atoms with van der Waals surface area (Å²) in [7, 11) is 0. The molecule has 6 nitrogen and oxygen atoms in total. The van der Waals surface area contributed by atoms with Crippen molar-refractivity contribution in [2.45, 2.75) is 6.42 Å². The number of fused-ring (bicyclic) bond motifs is 1. The molecule has 0 heterocycles. The Labute approximate surface area is 172 Å². The second-order valence-corrected chi connectivity index (χ2v) is 6.64. The van der Waals surface area contributed by atoms with E-state index in [-0.39, 0.29) is 28.8 Å². The highest BCUT2D eigenvalue weighted by molar-refractivity contribution is 6.32. The van der Waals surface area contributed by atoms with E-state index in [0.29, 0.717) is 12.0 Å². The van der Waals surface area contributed by atoms with Gasteiger partial charge < -0.3 is 9.84 Å². The Kier molecular flexibility index (Phi) is 6.49. The second kappa shape index (κ2) is 9.23. The number of phenolic OH excluding ortho intramolecular Hbond substituents is 1. The van der Waals surface area contributed by atoms with Gasteiger partial charge in [-0.25, -0.2) is 10.6 Å². The van der Waals surface area contributed by atoms with E-state index in [1.54, 1.807) is 12.1 Å². The summed E-state index contributed by atoms with van der Waals surface area (Å²) in [6, 6.07) is 15.3. The number of nitrogens with one attached hydrogen (secondary N) is 1. The number of carbonyl (C=O) groups is 2. The van der Waals surface area contributed by atoms with Gasteiger partial charge in [-0.15, -0.1) is 0 Å². The molecule has 0 saturated carbocycles. The maximum absolute atomic E-state index is 12.0. The van der Waals surface area contributed by atoms with Crippen molar-refractivity contribution in [3.63, 3.8) is 0 Å². The molecule has 0 fully saturated rings. The first-order valence-corrected chi connectivity index (χ1v) is 9.21. The van der Waals surface area contributed by atoms with E-state index in [4.69, 9.17) is 22.2 Å². The van der Waals surface area contributed by atoms with Crippen molar-refractivity contribution in [1.82, 2.24) is 5.43 Å². The zero-order valence-electron chi connectivity index (χ0n) is 15.4. The first-order valence-electron chi connectivity index (χ1n) is 8.83. The van der Waals surface area contributed by atoms with Crippen molar-refractivity contribution >= 4 is 34.2 Å². The number of ether oxygens (including phenoxy) is 1. The summed E-state index contributed by atoms with van der Waals surface area (Å²) in [4.78, 5) is 23.9. The predicted octanol–water partition coefficient (Wildman–Crippen LogP) is 3.76. The number of aromatic hydroxyl groups is 1. The molecule has 3 aromatic rings. The van der Waals surface area contributed by atoms with Crippen LogP contribution < -0.4 is 11.3 Å². The Morgan fingerprint density at radius 1 is 1.07 bits per heavy atom. The molecule has 0 aromatic heterocycles. The number of hydrogen-bond donors (Lipinski definition) is 3. The molecule has 0 aliphatic rings. The van der Waals surface area contributed by atoms with Crippen LogP contribution >= 0.6 is 11.6 Å². The normalized spacial score (nSPS) is 11.0. The lowest BCUT2D eigenvalue weighted by molar-refractivity contribution is 0.0549. The van der Waals surface area contributed by atoms with Crippen molar-refractivity contribution < 1.29 is 19.4 Å². The van der Waals surface area contributed by atoms with E-state index in [2.05, 4.69) is 5.43 Å². The number of allylic oxidation sites excluding steroid dienone is 1. The van der Waals surface area contributed by atoms with Gasteiger partial charge in [0.2, 0.25) is 0 Å². The van der Waals surface area contributed by atoms with Crippen LogP contribution in [0.2, 0.25) is 5.02 Å². The number of amides is 1. The first-order chi connectivity index (χ1) is 14.0. The molecule has 0 aliphatic heterocycles. The Bertz CT molecular complexity index is 1100. The van der Waals surface area contributed by atoms with Crippen LogP contribution in [0.15, 0.2) is 66.7 Å². The predicted molar refractivity (Wildman–Crippen MR) is 112 cm³/mol. The summed E-state index contributed by atoms with van der Waals surface area (Å²) in [5, 5.41) is 11.3. The second-order valence-electron chi connectivity index (χ2n) is 6.23. The SMILES string of the molecule is NNC(=O)c1ccc(CC=CCOC(=O)c2ccc(O)c(Cl)c2)c2ccccc12. The molecule has 0 radical (unpaired) electrons. The zero-order valence-corrected chi connectivity index (χ0v) is 16.1. The van der Waals surface area contributed by atoms with E-state index in [9.17, 15) is 14.7 Å². The molecule has 0 spiro atoms. The van der Waals surface area contributed by atoms with Crippen LogP contribution in [0, 0.1) is 0 Å². The molecule has 0 atom stereocenters. The lowest BCUT2D eigenvalue weighted by atomic mass is 9.97. The number of hydrogen-bond acceptors (Lipinski definition) is 5. The maximum atomic E-state index is 12.0. The molecule has 3 aromatic carbocycles. The van der Waals surface area contributed by atoms with Crippen molar-refractivity contribution in [3.8, 4) is 5.75 Å². The van der Waals surface area contributed by atoms with Crippen molar-refractivity contribution in [2.75, 3.05) is 6.61 Å². The van der Waals surface area contributed by atoms with E-state index in [1.165, 1.54) is 18.2 Å². The van der Waals surface area contributed by atoms with Crippen LogP contribution in [0.4, 0.5) is 0 Å². The van der Waals surface area contributed by atoms with Gasteiger partial charge in [-0.2, -0.15) is 0 Å².